The molecule has 0 atom stereocenters. The first kappa shape index (κ1) is 8.09. The Bertz CT molecular complexity index is 225. The number of nitrogens with two attached hydrogens (primary N) is 1. The minimum Gasteiger partial charge on any atom is -0.360 e. The lowest BCUT2D eigenvalue weighted by molar-refractivity contribution is -0.114. The third-order valence-corrected chi connectivity index (χ3v) is 1.56. The van der Waals surface area contributed by atoms with E-state index < -0.39 is 0 Å². The van der Waals surface area contributed by atoms with Crippen molar-refractivity contribution in [1.82, 2.24) is 10.7 Å². The molecule has 4 N–H and O–H groups in total. The first-order valence-electron chi connectivity index (χ1n) is 3.05. The summed E-state index contributed by atoms with van der Waals surface area (Å²) in [5.41, 5.74) is 2.38. The van der Waals surface area contributed by atoms with E-state index in [-0.39, 0.29) is 5.91 Å². The van der Waals surface area contributed by atoms with E-state index in [0.29, 0.717) is 23.8 Å². The van der Waals surface area contributed by atoms with E-state index in [1.807, 2.05) is 5.43 Å². The van der Waals surface area contributed by atoms with Gasteiger partial charge in [0.25, 0.3) is 5.91 Å². The van der Waals surface area contributed by atoms with E-state index in [2.05, 4.69) is 10.3 Å². The fourth-order valence-corrected chi connectivity index (χ4v) is 0.930. The molecule has 6 heteroatoms. The smallest absolute Gasteiger partial charge is 0.279 e. The van der Waals surface area contributed by atoms with Gasteiger partial charge in [-0.25, -0.2) is 5.84 Å². The van der Waals surface area contributed by atoms with Crippen LogP contribution in [0.1, 0.15) is 6.42 Å². The number of nitrogens with one attached hydrogen (secondary N) is 2. The highest BCUT2D eigenvalue weighted by molar-refractivity contribution is 7.80. The average Bonchev–Trinajstić information content (AvgIpc) is 2.03. The van der Waals surface area contributed by atoms with Crippen molar-refractivity contribution < 1.29 is 4.79 Å². The monoisotopic (exact) mass is 172 g/mol. The van der Waals surface area contributed by atoms with Crippen molar-refractivity contribution in [3.8, 4) is 0 Å². The third kappa shape index (κ3) is 1.95. The fraction of sp³-hybridized carbons (Fsp3) is 0.400. The number of carbonyl (C=O) groups excluding carboxylic acids is 1. The molecule has 1 rings (SSSR count). The Kier molecular flexibility index (Phi) is 2.50. The minimum absolute atomic E-state index is 0.363. The summed E-state index contributed by atoms with van der Waals surface area (Å²) in [5, 5.41) is 2.81. The second kappa shape index (κ2) is 3.40. The van der Waals surface area contributed by atoms with Gasteiger partial charge in [-0.3, -0.25) is 15.2 Å². The highest BCUT2D eigenvalue weighted by Crippen LogP contribution is 1.95. The van der Waals surface area contributed by atoms with Gasteiger partial charge in [-0.15, -0.1) is 0 Å². The first-order chi connectivity index (χ1) is 5.24. The highest BCUT2D eigenvalue weighted by atomic mass is 32.1. The summed E-state index contributed by atoms with van der Waals surface area (Å²) >= 11 is 4.84. The molecule has 0 bridgehead atoms. The van der Waals surface area contributed by atoms with Crippen LogP contribution in [0.2, 0.25) is 0 Å². The van der Waals surface area contributed by atoms with Gasteiger partial charge in [0.2, 0.25) is 0 Å². The van der Waals surface area contributed by atoms with E-state index in [4.69, 9.17) is 18.1 Å². The van der Waals surface area contributed by atoms with Crippen LogP contribution in [0.3, 0.4) is 0 Å². The van der Waals surface area contributed by atoms with Gasteiger partial charge in [-0.1, -0.05) is 12.2 Å². The summed E-state index contributed by atoms with van der Waals surface area (Å²) in [6.07, 6.45) is 0.373. The molecular formula is C5H8N4OS. The lowest BCUT2D eigenvalue weighted by Crippen LogP contribution is -2.41. The molecule has 1 aliphatic rings. The predicted octanol–water partition coefficient (Wildman–Crippen LogP) is -1.30. The molecule has 0 unspecified atom stereocenters. The number of nitrogens with zero attached hydrogens (tertiary/aromatic N) is 1. The summed E-state index contributed by atoms with van der Waals surface area (Å²) in [7, 11) is 0. The average molecular weight is 172 g/mol. The van der Waals surface area contributed by atoms with Crippen LogP contribution in [-0.4, -0.2) is 23.3 Å². The maximum absolute atomic E-state index is 10.9. The number of amides is 1. The zero-order valence-electron chi connectivity index (χ0n) is 5.76. The number of thiocarbonyl (C=S) groups is 1. The van der Waals surface area contributed by atoms with Gasteiger partial charge in [0.15, 0.2) is 0 Å². The SMILES string of the molecule is NNC(=O)C1=NCNC(=S)C1. The number of hydrogen-bond donors (Lipinski definition) is 3. The van der Waals surface area contributed by atoms with Gasteiger partial charge < -0.3 is 5.32 Å². The van der Waals surface area contributed by atoms with Gasteiger partial charge in [-0.2, -0.15) is 0 Å². The lowest BCUT2D eigenvalue weighted by Gasteiger charge is -2.12. The van der Waals surface area contributed by atoms with Crippen molar-refractivity contribution >= 4 is 28.8 Å². The van der Waals surface area contributed by atoms with E-state index in [1.165, 1.54) is 0 Å². The first-order valence-corrected chi connectivity index (χ1v) is 3.46. The molecule has 1 heterocycles. The van der Waals surface area contributed by atoms with Crippen LogP contribution in [0, 0.1) is 0 Å². The Morgan fingerprint density at radius 2 is 2.55 bits per heavy atom. The van der Waals surface area contributed by atoms with E-state index >= 15 is 0 Å². The van der Waals surface area contributed by atoms with E-state index in [1.54, 1.807) is 0 Å². The van der Waals surface area contributed by atoms with Crippen LogP contribution < -0.4 is 16.6 Å². The number of rotatable bonds is 1. The second-order valence-electron chi connectivity index (χ2n) is 2.01. The molecule has 0 aromatic rings. The van der Waals surface area contributed by atoms with Crippen molar-refractivity contribution in [2.24, 2.45) is 10.8 Å². The van der Waals surface area contributed by atoms with Gasteiger partial charge in [-0.05, 0) is 0 Å². The van der Waals surface area contributed by atoms with Crippen LogP contribution in [0.4, 0.5) is 0 Å². The molecular weight excluding hydrogens is 164 g/mol. The quantitative estimate of drug-likeness (QED) is 0.199. The van der Waals surface area contributed by atoms with E-state index in [0.717, 1.165) is 0 Å². The summed E-state index contributed by atoms with van der Waals surface area (Å²) < 4.78 is 0. The predicted molar refractivity (Wildman–Crippen MR) is 45.0 cm³/mol. The summed E-state index contributed by atoms with van der Waals surface area (Å²) in [6.45, 7) is 0.363. The Labute approximate surface area is 69.0 Å². The Morgan fingerprint density at radius 3 is 3.09 bits per heavy atom. The molecule has 0 aromatic heterocycles. The lowest BCUT2D eigenvalue weighted by atomic mass is 10.2. The van der Waals surface area contributed by atoms with Crippen LogP contribution in [0.5, 0.6) is 0 Å². The van der Waals surface area contributed by atoms with E-state index in [9.17, 15) is 4.79 Å². The maximum atomic E-state index is 10.9. The molecule has 60 valence electrons. The number of aliphatic imine (C=N–C) groups is 1. The third-order valence-electron chi connectivity index (χ3n) is 1.27. The number of hydrogen-bond acceptors (Lipinski definition) is 4. The van der Waals surface area contributed by atoms with Crippen molar-refractivity contribution in [3.63, 3.8) is 0 Å². The second-order valence-corrected chi connectivity index (χ2v) is 2.51. The Morgan fingerprint density at radius 1 is 1.82 bits per heavy atom. The van der Waals surface area contributed by atoms with Gasteiger partial charge >= 0.3 is 0 Å². The van der Waals surface area contributed by atoms with Crippen LogP contribution >= 0.6 is 12.2 Å². The largest absolute Gasteiger partial charge is 0.360 e. The maximum Gasteiger partial charge on any atom is 0.279 e. The minimum atomic E-state index is -0.367. The van der Waals surface area contributed by atoms with Gasteiger partial charge in [0, 0.05) is 6.42 Å². The normalized spacial score (nSPS) is 16.8. The molecule has 11 heavy (non-hydrogen) atoms. The fourth-order valence-electron chi connectivity index (χ4n) is 0.729. The zero-order chi connectivity index (χ0) is 8.27. The summed E-state index contributed by atoms with van der Waals surface area (Å²) in [6, 6.07) is 0. The van der Waals surface area contributed by atoms with Crippen LogP contribution in [0.25, 0.3) is 0 Å². The molecule has 5 nitrogen and oxygen atoms in total. The number of hydrazine groups is 1. The molecule has 0 fully saturated rings. The molecule has 0 spiro atoms. The molecule has 0 saturated heterocycles. The van der Waals surface area contributed by atoms with Gasteiger partial charge in [0.05, 0.1) is 4.99 Å². The summed E-state index contributed by atoms with van der Waals surface area (Å²) in [4.78, 5) is 15.4. The topological polar surface area (TPSA) is 79.5 Å². The van der Waals surface area contributed by atoms with Crippen LogP contribution in [-0.2, 0) is 4.79 Å². The summed E-state index contributed by atoms with van der Waals surface area (Å²) in [5.74, 6) is 4.54. The molecule has 0 aromatic carbocycles. The van der Waals surface area contributed by atoms with Crippen molar-refractivity contribution in [2.75, 3.05) is 6.67 Å². The Hall–Kier alpha value is -1.01. The molecule has 0 radical (unpaired) electrons. The van der Waals surface area contributed by atoms with Crippen molar-refractivity contribution in [3.05, 3.63) is 0 Å². The van der Waals surface area contributed by atoms with Crippen molar-refractivity contribution in [1.29, 1.82) is 0 Å². The highest BCUT2D eigenvalue weighted by Gasteiger charge is 2.14. The number of carbonyl (C=O) groups is 1. The van der Waals surface area contributed by atoms with Crippen LogP contribution in [0.15, 0.2) is 4.99 Å². The van der Waals surface area contributed by atoms with Crippen molar-refractivity contribution in [2.45, 2.75) is 6.42 Å². The Balaban J connectivity index is 2.65. The molecule has 1 aliphatic heterocycles. The molecule has 0 saturated carbocycles. The zero-order valence-corrected chi connectivity index (χ0v) is 6.57. The standard InChI is InChI=1S/C5H8N4OS/c6-9-5(10)3-1-4(11)8-2-7-3/h1-2,6H2,(H,8,11)(H,9,10). The van der Waals surface area contributed by atoms with Gasteiger partial charge in [0.1, 0.15) is 12.4 Å². The molecule has 1 amide bonds. The molecule has 0 aliphatic carbocycles.